The number of nitrogens with one attached hydrogen (secondary N) is 2. The summed E-state index contributed by atoms with van der Waals surface area (Å²) in [4.78, 5) is 2.48. The molecular formula is C16H33N3. The summed E-state index contributed by atoms with van der Waals surface area (Å²) in [5, 5.41) is 7.48. The molecule has 0 radical (unpaired) electrons. The second-order valence-electron chi connectivity index (χ2n) is 6.82. The predicted molar refractivity (Wildman–Crippen MR) is 82.6 cm³/mol. The van der Waals surface area contributed by atoms with Gasteiger partial charge in [0.1, 0.15) is 0 Å². The lowest BCUT2D eigenvalue weighted by molar-refractivity contribution is 0.202. The normalized spacial score (nSPS) is 31.9. The van der Waals surface area contributed by atoms with Gasteiger partial charge in [-0.1, -0.05) is 12.8 Å². The van der Waals surface area contributed by atoms with Gasteiger partial charge in [-0.3, -0.25) is 0 Å². The summed E-state index contributed by atoms with van der Waals surface area (Å²) < 4.78 is 0. The summed E-state index contributed by atoms with van der Waals surface area (Å²) in [7, 11) is 2.25. The predicted octanol–water partition coefficient (Wildman–Crippen LogP) is 2.23. The molecule has 0 aromatic rings. The highest BCUT2D eigenvalue weighted by Gasteiger charge is 2.19. The number of rotatable bonds is 5. The van der Waals surface area contributed by atoms with E-state index in [2.05, 4.69) is 29.5 Å². The van der Waals surface area contributed by atoms with Crippen LogP contribution in [0.25, 0.3) is 0 Å². The lowest BCUT2D eigenvalue weighted by Gasteiger charge is -2.31. The second-order valence-corrected chi connectivity index (χ2v) is 6.82. The Morgan fingerprint density at radius 2 is 2.11 bits per heavy atom. The monoisotopic (exact) mass is 267 g/mol. The SMILES string of the molecule is CC(CC1CCCCCN1)NCC1CCCN(C)C1. The molecule has 2 saturated heterocycles. The van der Waals surface area contributed by atoms with Crippen LogP contribution in [0.1, 0.15) is 51.9 Å². The molecule has 2 fully saturated rings. The number of hydrogen-bond donors (Lipinski definition) is 2. The van der Waals surface area contributed by atoms with E-state index in [1.807, 2.05) is 0 Å². The molecule has 2 heterocycles. The molecule has 3 unspecified atom stereocenters. The Labute approximate surface area is 119 Å². The molecule has 0 aliphatic carbocycles. The molecule has 2 rings (SSSR count). The summed E-state index contributed by atoms with van der Waals surface area (Å²) in [5.74, 6) is 0.864. The standard InChI is InChI=1S/C16H33N3/c1-14(11-16-8-4-3-5-9-17-16)18-12-15-7-6-10-19(2)13-15/h14-18H,3-13H2,1-2H3. The van der Waals surface area contributed by atoms with Crippen LogP contribution in [0.5, 0.6) is 0 Å². The minimum absolute atomic E-state index is 0.655. The first kappa shape index (κ1) is 15.3. The van der Waals surface area contributed by atoms with Crippen molar-refractivity contribution >= 4 is 0 Å². The summed E-state index contributed by atoms with van der Waals surface area (Å²) in [5.41, 5.74) is 0. The number of hydrogen-bond acceptors (Lipinski definition) is 3. The van der Waals surface area contributed by atoms with Gasteiger partial charge in [-0.15, -0.1) is 0 Å². The lowest BCUT2D eigenvalue weighted by atomic mass is 9.97. The fourth-order valence-electron chi connectivity index (χ4n) is 3.62. The van der Waals surface area contributed by atoms with Crippen LogP contribution in [0.3, 0.4) is 0 Å². The fraction of sp³-hybridized carbons (Fsp3) is 1.00. The average Bonchev–Trinajstić information content (AvgIpc) is 2.65. The van der Waals surface area contributed by atoms with Crippen LogP contribution < -0.4 is 10.6 Å². The molecular weight excluding hydrogens is 234 g/mol. The van der Waals surface area contributed by atoms with Crippen molar-refractivity contribution in [1.29, 1.82) is 0 Å². The maximum atomic E-state index is 3.77. The van der Waals surface area contributed by atoms with E-state index in [-0.39, 0.29) is 0 Å². The summed E-state index contributed by atoms with van der Waals surface area (Å²) in [6.45, 7) is 7.36. The van der Waals surface area contributed by atoms with Gasteiger partial charge in [0.25, 0.3) is 0 Å². The topological polar surface area (TPSA) is 27.3 Å². The van der Waals surface area contributed by atoms with E-state index >= 15 is 0 Å². The van der Waals surface area contributed by atoms with Crippen molar-refractivity contribution in [2.45, 2.75) is 64.0 Å². The Morgan fingerprint density at radius 1 is 1.21 bits per heavy atom. The quantitative estimate of drug-likeness (QED) is 0.800. The summed E-state index contributed by atoms with van der Waals surface area (Å²) in [6.07, 6.45) is 9.65. The van der Waals surface area contributed by atoms with Gasteiger partial charge in [-0.2, -0.15) is 0 Å². The zero-order chi connectivity index (χ0) is 13.5. The molecule has 0 bridgehead atoms. The second kappa shape index (κ2) is 8.23. The van der Waals surface area contributed by atoms with Crippen molar-refractivity contribution in [3.63, 3.8) is 0 Å². The van der Waals surface area contributed by atoms with Gasteiger partial charge in [0.15, 0.2) is 0 Å². The van der Waals surface area contributed by atoms with Crippen molar-refractivity contribution in [2.24, 2.45) is 5.92 Å². The zero-order valence-corrected chi connectivity index (χ0v) is 13.0. The molecule has 112 valence electrons. The Kier molecular flexibility index (Phi) is 6.62. The van der Waals surface area contributed by atoms with Gasteiger partial charge < -0.3 is 15.5 Å². The van der Waals surface area contributed by atoms with Crippen molar-refractivity contribution in [3.8, 4) is 0 Å². The molecule has 0 spiro atoms. The van der Waals surface area contributed by atoms with Crippen molar-refractivity contribution in [2.75, 3.05) is 33.2 Å². The highest BCUT2D eigenvalue weighted by atomic mass is 15.1. The first-order chi connectivity index (χ1) is 9.24. The largest absolute Gasteiger partial charge is 0.314 e. The summed E-state index contributed by atoms with van der Waals surface area (Å²) >= 11 is 0. The lowest BCUT2D eigenvalue weighted by Crippen LogP contribution is -2.42. The Morgan fingerprint density at radius 3 is 2.95 bits per heavy atom. The molecule has 3 nitrogen and oxygen atoms in total. The number of piperidine rings is 1. The molecule has 2 aliphatic rings. The minimum Gasteiger partial charge on any atom is -0.314 e. The third kappa shape index (κ3) is 5.80. The Bertz CT molecular complexity index is 236. The molecule has 2 N–H and O–H groups in total. The van der Waals surface area contributed by atoms with E-state index in [4.69, 9.17) is 0 Å². The van der Waals surface area contributed by atoms with Gasteiger partial charge in [0.05, 0.1) is 0 Å². The van der Waals surface area contributed by atoms with Crippen LogP contribution in [-0.2, 0) is 0 Å². The van der Waals surface area contributed by atoms with Crippen LogP contribution in [0.2, 0.25) is 0 Å². The first-order valence-electron chi connectivity index (χ1n) is 8.39. The van der Waals surface area contributed by atoms with Gasteiger partial charge in [0.2, 0.25) is 0 Å². The molecule has 0 saturated carbocycles. The van der Waals surface area contributed by atoms with E-state index in [1.165, 1.54) is 71.1 Å². The molecule has 0 aromatic carbocycles. The summed E-state index contributed by atoms with van der Waals surface area (Å²) in [6, 6.07) is 1.40. The first-order valence-corrected chi connectivity index (χ1v) is 8.39. The molecule has 2 aliphatic heterocycles. The molecule has 0 amide bonds. The third-order valence-corrected chi connectivity index (χ3v) is 4.78. The van der Waals surface area contributed by atoms with Crippen LogP contribution >= 0.6 is 0 Å². The van der Waals surface area contributed by atoms with Crippen molar-refractivity contribution in [3.05, 3.63) is 0 Å². The van der Waals surface area contributed by atoms with E-state index in [0.29, 0.717) is 6.04 Å². The highest BCUT2D eigenvalue weighted by molar-refractivity contribution is 4.78. The number of likely N-dealkylation sites (tertiary alicyclic amines) is 1. The van der Waals surface area contributed by atoms with E-state index < -0.39 is 0 Å². The smallest absolute Gasteiger partial charge is 0.00817 e. The van der Waals surface area contributed by atoms with Crippen LogP contribution in [0.4, 0.5) is 0 Å². The van der Waals surface area contributed by atoms with Crippen LogP contribution in [0.15, 0.2) is 0 Å². The van der Waals surface area contributed by atoms with E-state index in [0.717, 1.165) is 12.0 Å². The molecule has 3 atom stereocenters. The van der Waals surface area contributed by atoms with Crippen LogP contribution in [-0.4, -0.2) is 50.2 Å². The van der Waals surface area contributed by atoms with Crippen LogP contribution in [0, 0.1) is 5.92 Å². The molecule has 19 heavy (non-hydrogen) atoms. The van der Waals surface area contributed by atoms with Crippen molar-refractivity contribution < 1.29 is 0 Å². The average molecular weight is 267 g/mol. The zero-order valence-electron chi connectivity index (χ0n) is 13.0. The number of nitrogens with zero attached hydrogens (tertiary/aromatic N) is 1. The maximum absolute atomic E-state index is 3.77. The third-order valence-electron chi connectivity index (χ3n) is 4.78. The van der Waals surface area contributed by atoms with Gasteiger partial charge >= 0.3 is 0 Å². The van der Waals surface area contributed by atoms with Crippen molar-refractivity contribution in [1.82, 2.24) is 15.5 Å². The van der Waals surface area contributed by atoms with Gasteiger partial charge in [-0.05, 0) is 71.6 Å². The fourth-order valence-corrected chi connectivity index (χ4v) is 3.62. The van der Waals surface area contributed by atoms with E-state index in [1.54, 1.807) is 0 Å². The van der Waals surface area contributed by atoms with Gasteiger partial charge in [0, 0.05) is 18.6 Å². The molecule has 3 heteroatoms. The molecule has 0 aromatic heterocycles. The minimum atomic E-state index is 0.655. The van der Waals surface area contributed by atoms with Gasteiger partial charge in [-0.25, -0.2) is 0 Å². The maximum Gasteiger partial charge on any atom is 0.00817 e. The Balaban J connectivity index is 1.61. The Hall–Kier alpha value is -0.120. The van der Waals surface area contributed by atoms with E-state index in [9.17, 15) is 0 Å². The highest BCUT2D eigenvalue weighted by Crippen LogP contribution is 2.15.